The smallest absolute Gasteiger partial charge is 0.342 e. The number of rotatable bonds is 7. The number of carbonyl (C=O) groups is 1. The van der Waals surface area contributed by atoms with E-state index in [-0.39, 0.29) is 18.0 Å². The zero-order valence-corrected chi connectivity index (χ0v) is 16.0. The van der Waals surface area contributed by atoms with Crippen LogP contribution in [0.3, 0.4) is 0 Å². The van der Waals surface area contributed by atoms with Crippen molar-refractivity contribution in [1.82, 2.24) is 15.1 Å². The first-order chi connectivity index (χ1) is 14.7. The van der Waals surface area contributed by atoms with E-state index >= 15 is 0 Å². The van der Waals surface area contributed by atoms with Crippen LogP contribution < -0.4 is 9.47 Å². The highest BCUT2D eigenvalue weighted by Crippen LogP contribution is 2.25. The Bertz CT molecular complexity index is 1130. The summed E-state index contributed by atoms with van der Waals surface area (Å²) >= 11 is 0. The van der Waals surface area contributed by atoms with E-state index in [1.807, 2.05) is 0 Å². The van der Waals surface area contributed by atoms with Crippen molar-refractivity contribution in [2.45, 2.75) is 6.61 Å². The van der Waals surface area contributed by atoms with Gasteiger partial charge in [-0.3, -0.25) is 4.98 Å². The second-order valence-corrected chi connectivity index (χ2v) is 6.11. The zero-order chi connectivity index (χ0) is 20.8. The van der Waals surface area contributed by atoms with Gasteiger partial charge in [0.05, 0.1) is 13.3 Å². The first kappa shape index (κ1) is 19.1. The molecule has 0 amide bonds. The van der Waals surface area contributed by atoms with Crippen LogP contribution in [0.4, 0.5) is 0 Å². The summed E-state index contributed by atoms with van der Waals surface area (Å²) in [6.07, 6.45) is 3.19. The number of carbonyl (C=O) groups excluding carboxylic acids is 1. The molecule has 0 unspecified atom stereocenters. The number of esters is 1. The van der Waals surface area contributed by atoms with Gasteiger partial charge in [0.2, 0.25) is 5.82 Å². The molecule has 2 aromatic heterocycles. The lowest BCUT2D eigenvalue weighted by atomic mass is 10.2. The highest BCUT2D eigenvalue weighted by atomic mass is 16.5. The molecule has 0 N–H and O–H groups in total. The fourth-order valence-corrected chi connectivity index (χ4v) is 2.63. The van der Waals surface area contributed by atoms with Crippen LogP contribution in [0.5, 0.6) is 17.2 Å². The summed E-state index contributed by atoms with van der Waals surface area (Å²) in [7, 11) is 1.59. The third-order valence-corrected chi connectivity index (χ3v) is 4.11. The molecule has 8 nitrogen and oxygen atoms in total. The zero-order valence-electron chi connectivity index (χ0n) is 16.0. The lowest BCUT2D eigenvalue weighted by Crippen LogP contribution is -2.07. The Labute approximate surface area is 172 Å². The maximum absolute atomic E-state index is 12.6. The van der Waals surface area contributed by atoms with Gasteiger partial charge >= 0.3 is 5.97 Å². The molecule has 0 radical (unpaired) electrons. The van der Waals surface area contributed by atoms with Crippen LogP contribution in [0.1, 0.15) is 16.2 Å². The third-order valence-electron chi connectivity index (χ3n) is 4.11. The van der Waals surface area contributed by atoms with E-state index in [1.165, 1.54) is 0 Å². The molecule has 0 saturated carbocycles. The van der Waals surface area contributed by atoms with Crippen molar-refractivity contribution >= 4 is 5.97 Å². The summed E-state index contributed by atoms with van der Waals surface area (Å²) in [4.78, 5) is 20.8. The normalized spacial score (nSPS) is 10.4. The average molecular weight is 403 g/mol. The van der Waals surface area contributed by atoms with Gasteiger partial charge in [-0.1, -0.05) is 17.3 Å². The number of benzene rings is 2. The molecule has 0 saturated heterocycles. The lowest BCUT2D eigenvalue weighted by Gasteiger charge is -2.09. The highest BCUT2D eigenvalue weighted by molar-refractivity contribution is 5.92. The maximum atomic E-state index is 12.6. The number of nitrogens with zero attached hydrogens (tertiary/aromatic N) is 3. The van der Waals surface area contributed by atoms with E-state index in [0.29, 0.717) is 17.4 Å². The van der Waals surface area contributed by atoms with Crippen molar-refractivity contribution in [3.8, 4) is 28.7 Å². The van der Waals surface area contributed by atoms with Gasteiger partial charge in [0.15, 0.2) is 6.61 Å². The molecule has 0 aliphatic carbocycles. The van der Waals surface area contributed by atoms with Crippen molar-refractivity contribution in [2.75, 3.05) is 7.11 Å². The van der Waals surface area contributed by atoms with Crippen molar-refractivity contribution < 1.29 is 23.5 Å². The van der Waals surface area contributed by atoms with E-state index in [2.05, 4.69) is 15.1 Å². The van der Waals surface area contributed by atoms with E-state index in [0.717, 1.165) is 11.3 Å². The summed E-state index contributed by atoms with van der Waals surface area (Å²) in [6, 6.07) is 17.5. The highest BCUT2D eigenvalue weighted by Gasteiger charge is 2.16. The first-order valence-corrected chi connectivity index (χ1v) is 9.04. The second-order valence-electron chi connectivity index (χ2n) is 6.11. The molecule has 0 fully saturated rings. The topological polar surface area (TPSA) is 96.6 Å². The van der Waals surface area contributed by atoms with Crippen LogP contribution in [0.25, 0.3) is 11.5 Å². The van der Waals surface area contributed by atoms with Gasteiger partial charge in [-0.2, -0.15) is 4.98 Å². The van der Waals surface area contributed by atoms with E-state index < -0.39 is 5.97 Å². The van der Waals surface area contributed by atoms with Crippen molar-refractivity contribution in [3.63, 3.8) is 0 Å². The van der Waals surface area contributed by atoms with Gasteiger partial charge in [-0.15, -0.1) is 0 Å². The monoisotopic (exact) mass is 403 g/mol. The number of ether oxygens (including phenoxy) is 3. The van der Waals surface area contributed by atoms with Crippen molar-refractivity contribution in [1.29, 1.82) is 0 Å². The van der Waals surface area contributed by atoms with Crippen LogP contribution in [-0.4, -0.2) is 28.2 Å². The fourth-order valence-electron chi connectivity index (χ4n) is 2.63. The molecule has 150 valence electrons. The molecule has 8 heteroatoms. The van der Waals surface area contributed by atoms with E-state index in [4.69, 9.17) is 18.7 Å². The summed E-state index contributed by atoms with van der Waals surface area (Å²) < 4.78 is 21.4. The maximum Gasteiger partial charge on any atom is 0.342 e. The second kappa shape index (κ2) is 8.87. The Hall–Kier alpha value is -4.20. The molecular weight excluding hydrogens is 386 g/mol. The molecule has 30 heavy (non-hydrogen) atoms. The predicted molar refractivity (Wildman–Crippen MR) is 106 cm³/mol. The molecule has 4 rings (SSSR count). The molecule has 4 aromatic rings. The minimum atomic E-state index is -0.565. The van der Waals surface area contributed by atoms with Gasteiger partial charge in [-0.25, -0.2) is 4.79 Å². The van der Waals surface area contributed by atoms with Gasteiger partial charge in [0, 0.05) is 11.8 Å². The average Bonchev–Trinajstić information content (AvgIpc) is 3.28. The summed E-state index contributed by atoms with van der Waals surface area (Å²) in [5, 5.41) is 3.86. The standard InChI is InChI=1S/C22H17N3O5/c1-27-16-10-8-15(9-11-16)21-24-20(25-30-21)14-28-22(26)18-6-2-3-7-19(18)29-17-5-4-12-23-13-17/h2-13H,14H2,1H3. The Balaban J connectivity index is 1.42. The summed E-state index contributed by atoms with van der Waals surface area (Å²) in [5.74, 6) is 1.61. The molecule has 0 aliphatic rings. The molecule has 2 heterocycles. The number of aromatic nitrogens is 3. The van der Waals surface area contributed by atoms with Crippen molar-refractivity contribution in [3.05, 3.63) is 84.4 Å². The lowest BCUT2D eigenvalue weighted by molar-refractivity contribution is 0.0457. The van der Waals surface area contributed by atoms with Gasteiger partial charge < -0.3 is 18.7 Å². The Morgan fingerprint density at radius 2 is 1.83 bits per heavy atom. The number of hydrogen-bond acceptors (Lipinski definition) is 8. The van der Waals surface area contributed by atoms with Crippen LogP contribution >= 0.6 is 0 Å². The predicted octanol–water partition coefficient (Wildman–Crippen LogP) is 4.29. The largest absolute Gasteiger partial charge is 0.497 e. The molecule has 0 spiro atoms. The molecule has 0 bridgehead atoms. The molecular formula is C22H17N3O5. The third kappa shape index (κ3) is 4.44. The van der Waals surface area contributed by atoms with Crippen LogP contribution in [0.15, 0.2) is 77.6 Å². The van der Waals surface area contributed by atoms with Crippen LogP contribution in [-0.2, 0) is 11.3 Å². The van der Waals surface area contributed by atoms with Gasteiger partial charge in [0.25, 0.3) is 5.89 Å². The fraction of sp³-hybridized carbons (Fsp3) is 0.0909. The van der Waals surface area contributed by atoms with Gasteiger partial charge in [0.1, 0.15) is 22.8 Å². The molecule has 2 aromatic carbocycles. The van der Waals surface area contributed by atoms with E-state index in [1.54, 1.807) is 80.2 Å². The number of methoxy groups -OCH3 is 1. The summed E-state index contributed by atoms with van der Waals surface area (Å²) in [5.41, 5.74) is 1.01. The molecule has 0 atom stereocenters. The Morgan fingerprint density at radius 3 is 2.60 bits per heavy atom. The minimum Gasteiger partial charge on any atom is -0.497 e. The summed E-state index contributed by atoms with van der Waals surface area (Å²) in [6.45, 7) is -0.139. The van der Waals surface area contributed by atoms with Crippen LogP contribution in [0, 0.1) is 0 Å². The number of pyridine rings is 1. The number of para-hydroxylation sites is 1. The van der Waals surface area contributed by atoms with E-state index in [9.17, 15) is 4.79 Å². The Kier molecular flexibility index (Phi) is 5.66. The number of hydrogen-bond donors (Lipinski definition) is 0. The SMILES string of the molecule is COc1ccc(-c2nc(COC(=O)c3ccccc3Oc3cccnc3)no2)cc1. The molecule has 0 aliphatic heterocycles. The quantitative estimate of drug-likeness (QED) is 0.422. The first-order valence-electron chi connectivity index (χ1n) is 9.04. The van der Waals surface area contributed by atoms with Crippen molar-refractivity contribution in [2.24, 2.45) is 0 Å². The van der Waals surface area contributed by atoms with Crippen LogP contribution in [0.2, 0.25) is 0 Å². The van der Waals surface area contributed by atoms with Gasteiger partial charge in [-0.05, 0) is 48.5 Å². The minimum absolute atomic E-state index is 0.139. The Morgan fingerprint density at radius 1 is 1.00 bits per heavy atom.